The summed E-state index contributed by atoms with van der Waals surface area (Å²) >= 11 is 6.18. The maximum Gasteiger partial charge on any atom is 0.131 e. The number of hydrogen-bond acceptors (Lipinski definition) is 2. The number of anilines is 1. The van der Waals surface area contributed by atoms with E-state index >= 15 is 0 Å². The number of aromatic nitrogens is 1. The number of nitrogens with two attached hydrogens (primary N) is 1. The van der Waals surface area contributed by atoms with E-state index in [1.165, 1.54) is 12.1 Å². The van der Waals surface area contributed by atoms with Crippen LogP contribution in [0, 0.1) is 24.4 Å². The van der Waals surface area contributed by atoms with Crippen LogP contribution in [-0.2, 0) is 6.42 Å². The summed E-state index contributed by atoms with van der Waals surface area (Å²) in [6.45, 7) is 1.85. The van der Waals surface area contributed by atoms with Crippen LogP contribution in [0.1, 0.15) is 16.8 Å². The van der Waals surface area contributed by atoms with E-state index in [0.29, 0.717) is 16.8 Å². The fourth-order valence-corrected chi connectivity index (χ4v) is 3.05. The first-order valence-electron chi connectivity index (χ1n) is 7.50. The Morgan fingerprint density at radius 3 is 2.48 bits per heavy atom. The van der Waals surface area contributed by atoms with Crippen molar-refractivity contribution in [1.29, 1.82) is 0 Å². The highest BCUT2D eigenvalue weighted by Crippen LogP contribution is 2.34. The standard InChI is InChI=1S/C19H14ClF3N2/c1-10-4-5-25-18(9-14-16(23)7-12(22)8-17(14)24)19(10)13-3-2-11(21)6-15(13)20/h2-8H,9,24H2,1H3. The van der Waals surface area contributed by atoms with Gasteiger partial charge in [-0.1, -0.05) is 11.6 Å². The van der Waals surface area contributed by atoms with E-state index in [4.69, 9.17) is 17.3 Å². The van der Waals surface area contributed by atoms with Crippen molar-refractivity contribution in [2.45, 2.75) is 13.3 Å². The lowest BCUT2D eigenvalue weighted by molar-refractivity contribution is 0.575. The molecule has 0 fully saturated rings. The normalized spacial score (nSPS) is 10.9. The number of hydrogen-bond donors (Lipinski definition) is 1. The fourth-order valence-electron chi connectivity index (χ4n) is 2.79. The average Bonchev–Trinajstić information content (AvgIpc) is 2.52. The van der Waals surface area contributed by atoms with Gasteiger partial charge in [0.1, 0.15) is 17.5 Å². The van der Waals surface area contributed by atoms with Gasteiger partial charge in [0.15, 0.2) is 0 Å². The Kier molecular flexibility index (Phi) is 4.68. The average molecular weight is 363 g/mol. The van der Waals surface area contributed by atoms with E-state index in [1.807, 2.05) is 6.92 Å². The Balaban J connectivity index is 2.14. The predicted octanol–water partition coefficient (Wildman–Crippen LogP) is 5.30. The molecule has 0 amide bonds. The topological polar surface area (TPSA) is 38.9 Å². The molecule has 0 unspecified atom stereocenters. The summed E-state index contributed by atoms with van der Waals surface area (Å²) in [5.41, 5.74) is 8.56. The van der Waals surface area contributed by atoms with Gasteiger partial charge in [0.05, 0.1) is 10.7 Å². The van der Waals surface area contributed by atoms with Crippen molar-refractivity contribution in [3.63, 3.8) is 0 Å². The number of aryl methyl sites for hydroxylation is 1. The summed E-state index contributed by atoms with van der Waals surface area (Å²) in [5, 5.41) is 0.227. The first-order chi connectivity index (χ1) is 11.9. The van der Waals surface area contributed by atoms with E-state index in [1.54, 1.807) is 18.3 Å². The van der Waals surface area contributed by atoms with Crippen LogP contribution < -0.4 is 5.73 Å². The molecule has 1 heterocycles. The zero-order chi connectivity index (χ0) is 18.1. The van der Waals surface area contributed by atoms with Gasteiger partial charge in [0, 0.05) is 41.1 Å². The minimum absolute atomic E-state index is 0.0111. The minimum atomic E-state index is -0.739. The number of pyridine rings is 1. The van der Waals surface area contributed by atoms with E-state index in [9.17, 15) is 13.2 Å². The maximum absolute atomic E-state index is 14.1. The van der Waals surface area contributed by atoms with E-state index in [0.717, 1.165) is 17.7 Å². The Labute approximate surface area is 148 Å². The van der Waals surface area contributed by atoms with Gasteiger partial charge in [-0.25, -0.2) is 13.2 Å². The Bertz CT molecular complexity index is 934. The summed E-state index contributed by atoms with van der Waals surface area (Å²) in [5.74, 6) is -1.93. The molecule has 0 saturated heterocycles. The molecular formula is C19H14ClF3N2. The molecule has 0 bridgehead atoms. The first-order valence-corrected chi connectivity index (χ1v) is 7.88. The van der Waals surface area contributed by atoms with Crippen LogP contribution >= 0.6 is 11.6 Å². The summed E-state index contributed by atoms with van der Waals surface area (Å²) in [4.78, 5) is 4.31. The second-order valence-electron chi connectivity index (χ2n) is 5.71. The lowest BCUT2D eigenvalue weighted by Crippen LogP contribution is -2.04. The quantitative estimate of drug-likeness (QED) is 0.642. The number of nitrogen functional groups attached to an aromatic ring is 1. The molecule has 2 aromatic carbocycles. The molecule has 6 heteroatoms. The summed E-state index contributed by atoms with van der Waals surface area (Å²) in [6, 6.07) is 7.69. The van der Waals surface area contributed by atoms with Gasteiger partial charge < -0.3 is 5.73 Å². The Morgan fingerprint density at radius 1 is 1.04 bits per heavy atom. The van der Waals surface area contributed by atoms with E-state index < -0.39 is 17.5 Å². The minimum Gasteiger partial charge on any atom is -0.398 e. The van der Waals surface area contributed by atoms with Crippen LogP contribution in [-0.4, -0.2) is 4.98 Å². The fraction of sp³-hybridized carbons (Fsp3) is 0.105. The highest BCUT2D eigenvalue weighted by Gasteiger charge is 2.17. The molecule has 0 aliphatic carbocycles. The third kappa shape index (κ3) is 3.46. The third-order valence-corrected chi connectivity index (χ3v) is 4.29. The van der Waals surface area contributed by atoms with Crippen LogP contribution in [0.15, 0.2) is 42.6 Å². The molecule has 128 valence electrons. The molecule has 0 aliphatic rings. The molecule has 0 atom stereocenters. The number of benzene rings is 2. The molecule has 2 nitrogen and oxygen atoms in total. The summed E-state index contributed by atoms with van der Waals surface area (Å²) in [6.07, 6.45) is 1.64. The van der Waals surface area contributed by atoms with Gasteiger partial charge in [0.25, 0.3) is 0 Å². The highest BCUT2D eigenvalue weighted by molar-refractivity contribution is 6.33. The number of nitrogens with zero attached hydrogens (tertiary/aromatic N) is 1. The van der Waals surface area contributed by atoms with Crippen molar-refractivity contribution in [3.05, 3.63) is 81.9 Å². The maximum atomic E-state index is 14.1. The monoisotopic (exact) mass is 362 g/mol. The van der Waals surface area contributed by atoms with Crippen molar-refractivity contribution in [2.75, 3.05) is 5.73 Å². The second kappa shape index (κ2) is 6.76. The Hall–Kier alpha value is -2.53. The van der Waals surface area contributed by atoms with Crippen molar-refractivity contribution in [1.82, 2.24) is 4.98 Å². The predicted molar refractivity (Wildman–Crippen MR) is 93.0 cm³/mol. The van der Waals surface area contributed by atoms with Gasteiger partial charge in [0.2, 0.25) is 0 Å². The number of halogens is 4. The molecule has 3 aromatic rings. The molecule has 25 heavy (non-hydrogen) atoms. The van der Waals surface area contributed by atoms with Crippen molar-refractivity contribution in [3.8, 4) is 11.1 Å². The number of rotatable bonds is 3. The van der Waals surface area contributed by atoms with Gasteiger partial charge in [-0.15, -0.1) is 0 Å². The molecule has 2 N–H and O–H groups in total. The molecule has 0 spiro atoms. The molecule has 0 aliphatic heterocycles. The van der Waals surface area contributed by atoms with Crippen LogP contribution in [0.2, 0.25) is 5.02 Å². The van der Waals surface area contributed by atoms with Gasteiger partial charge >= 0.3 is 0 Å². The van der Waals surface area contributed by atoms with Gasteiger partial charge in [-0.2, -0.15) is 0 Å². The first kappa shape index (κ1) is 17.3. The largest absolute Gasteiger partial charge is 0.398 e. The third-order valence-electron chi connectivity index (χ3n) is 3.98. The van der Waals surface area contributed by atoms with Crippen LogP contribution in [0.5, 0.6) is 0 Å². The summed E-state index contributed by atoms with van der Waals surface area (Å²) in [7, 11) is 0. The lowest BCUT2D eigenvalue weighted by atomic mass is 9.95. The SMILES string of the molecule is Cc1ccnc(Cc2c(N)cc(F)cc2F)c1-c1ccc(F)cc1Cl. The molecule has 0 radical (unpaired) electrons. The molecule has 0 saturated carbocycles. The highest BCUT2D eigenvalue weighted by atomic mass is 35.5. The molecular weight excluding hydrogens is 349 g/mol. The zero-order valence-electron chi connectivity index (χ0n) is 13.3. The van der Waals surface area contributed by atoms with E-state index in [-0.39, 0.29) is 22.7 Å². The molecule has 3 rings (SSSR count). The second-order valence-corrected chi connectivity index (χ2v) is 6.11. The zero-order valence-corrected chi connectivity index (χ0v) is 14.0. The smallest absolute Gasteiger partial charge is 0.131 e. The van der Waals surface area contributed by atoms with Crippen molar-refractivity contribution >= 4 is 17.3 Å². The van der Waals surface area contributed by atoms with Gasteiger partial charge in [-0.05, 0) is 42.8 Å². The summed E-state index contributed by atoms with van der Waals surface area (Å²) < 4.78 is 40.8. The van der Waals surface area contributed by atoms with Crippen LogP contribution in [0.3, 0.4) is 0 Å². The van der Waals surface area contributed by atoms with Crippen LogP contribution in [0.4, 0.5) is 18.9 Å². The molecule has 1 aromatic heterocycles. The van der Waals surface area contributed by atoms with Crippen LogP contribution in [0.25, 0.3) is 11.1 Å². The van der Waals surface area contributed by atoms with E-state index in [2.05, 4.69) is 4.98 Å². The lowest BCUT2D eigenvalue weighted by Gasteiger charge is -2.15. The van der Waals surface area contributed by atoms with Gasteiger partial charge in [-0.3, -0.25) is 4.98 Å². The van der Waals surface area contributed by atoms with Crippen molar-refractivity contribution < 1.29 is 13.2 Å². The Morgan fingerprint density at radius 2 is 1.80 bits per heavy atom. The van der Waals surface area contributed by atoms with Crippen molar-refractivity contribution in [2.24, 2.45) is 0 Å².